The van der Waals surface area contributed by atoms with Crippen LogP contribution in [0.4, 0.5) is 4.39 Å². The van der Waals surface area contributed by atoms with Crippen molar-refractivity contribution in [2.24, 2.45) is 7.05 Å². The number of halogens is 2. The zero-order valence-corrected chi connectivity index (χ0v) is 16.5. The first-order valence-electron chi connectivity index (χ1n) is 8.13. The van der Waals surface area contributed by atoms with Gasteiger partial charge in [0.2, 0.25) is 0 Å². The van der Waals surface area contributed by atoms with Crippen molar-refractivity contribution in [3.63, 3.8) is 0 Å². The van der Waals surface area contributed by atoms with Gasteiger partial charge in [0.1, 0.15) is 11.5 Å². The van der Waals surface area contributed by atoms with Gasteiger partial charge >= 0.3 is 0 Å². The Morgan fingerprint density at radius 1 is 1.19 bits per heavy atom. The number of benzene rings is 2. The molecule has 1 aromatic heterocycles. The van der Waals surface area contributed by atoms with E-state index in [-0.39, 0.29) is 16.4 Å². The SMILES string of the molecule is C[C@H](NC(=O)c1cc2ccc(Cl)cc2n1C)c1ccc(S(C)(=O)=O)cc1F. The maximum absolute atomic E-state index is 14.3. The molecule has 0 saturated heterocycles. The van der Waals surface area contributed by atoms with Crippen LogP contribution in [0.5, 0.6) is 0 Å². The summed E-state index contributed by atoms with van der Waals surface area (Å²) in [5.41, 5.74) is 1.42. The first-order valence-corrected chi connectivity index (χ1v) is 10.4. The summed E-state index contributed by atoms with van der Waals surface area (Å²) >= 11 is 6.01. The topological polar surface area (TPSA) is 68.2 Å². The Morgan fingerprint density at radius 3 is 2.52 bits per heavy atom. The van der Waals surface area contributed by atoms with Crippen LogP contribution in [0, 0.1) is 5.82 Å². The van der Waals surface area contributed by atoms with Crippen molar-refractivity contribution in [2.75, 3.05) is 6.26 Å². The van der Waals surface area contributed by atoms with Gasteiger partial charge in [-0.25, -0.2) is 12.8 Å². The van der Waals surface area contributed by atoms with Crippen molar-refractivity contribution in [3.05, 3.63) is 64.6 Å². The Kier molecular flexibility index (Phi) is 5.01. The van der Waals surface area contributed by atoms with Crippen molar-refractivity contribution >= 4 is 38.2 Å². The number of sulfone groups is 1. The largest absolute Gasteiger partial charge is 0.344 e. The fourth-order valence-electron chi connectivity index (χ4n) is 2.96. The minimum Gasteiger partial charge on any atom is -0.344 e. The first-order chi connectivity index (χ1) is 12.6. The van der Waals surface area contributed by atoms with Gasteiger partial charge in [-0.3, -0.25) is 4.79 Å². The van der Waals surface area contributed by atoms with E-state index in [9.17, 15) is 17.6 Å². The van der Waals surface area contributed by atoms with E-state index in [1.165, 1.54) is 12.1 Å². The Hall–Kier alpha value is -2.38. The second-order valence-electron chi connectivity index (χ2n) is 6.44. The van der Waals surface area contributed by atoms with Crippen LogP contribution in [0.25, 0.3) is 10.9 Å². The summed E-state index contributed by atoms with van der Waals surface area (Å²) in [6, 6.07) is 10.1. The van der Waals surface area contributed by atoms with E-state index in [2.05, 4.69) is 5.32 Å². The second kappa shape index (κ2) is 6.98. The van der Waals surface area contributed by atoms with Crippen molar-refractivity contribution in [1.82, 2.24) is 9.88 Å². The number of aryl methyl sites for hydroxylation is 1. The number of fused-ring (bicyclic) bond motifs is 1. The van der Waals surface area contributed by atoms with Crippen LogP contribution in [-0.2, 0) is 16.9 Å². The van der Waals surface area contributed by atoms with Gasteiger partial charge in [0.15, 0.2) is 9.84 Å². The molecule has 0 spiro atoms. The molecule has 0 aliphatic rings. The van der Waals surface area contributed by atoms with Crippen LogP contribution in [0.2, 0.25) is 5.02 Å². The Bertz CT molecular complexity index is 1160. The smallest absolute Gasteiger partial charge is 0.268 e. The average Bonchev–Trinajstić information content (AvgIpc) is 2.90. The molecule has 2 aromatic carbocycles. The van der Waals surface area contributed by atoms with Gasteiger partial charge in [0, 0.05) is 34.8 Å². The predicted molar refractivity (Wildman–Crippen MR) is 103 cm³/mol. The maximum atomic E-state index is 14.3. The number of rotatable bonds is 4. The zero-order valence-electron chi connectivity index (χ0n) is 15.0. The third-order valence-electron chi connectivity index (χ3n) is 4.45. The highest BCUT2D eigenvalue weighted by Crippen LogP contribution is 2.24. The number of hydrogen-bond acceptors (Lipinski definition) is 3. The van der Waals surface area contributed by atoms with E-state index in [4.69, 9.17) is 11.6 Å². The van der Waals surface area contributed by atoms with Crippen molar-refractivity contribution in [3.8, 4) is 0 Å². The van der Waals surface area contributed by atoms with E-state index in [1.807, 2.05) is 6.07 Å². The number of nitrogens with one attached hydrogen (secondary N) is 1. The molecule has 1 N–H and O–H groups in total. The molecule has 1 heterocycles. The maximum Gasteiger partial charge on any atom is 0.268 e. The van der Waals surface area contributed by atoms with Gasteiger partial charge < -0.3 is 9.88 Å². The number of aromatic nitrogens is 1. The summed E-state index contributed by atoms with van der Waals surface area (Å²) in [6.45, 7) is 1.63. The molecule has 5 nitrogen and oxygen atoms in total. The monoisotopic (exact) mass is 408 g/mol. The molecule has 0 unspecified atom stereocenters. The fraction of sp³-hybridized carbons (Fsp3) is 0.211. The lowest BCUT2D eigenvalue weighted by Gasteiger charge is -2.16. The van der Waals surface area contributed by atoms with E-state index in [1.54, 1.807) is 36.7 Å². The lowest BCUT2D eigenvalue weighted by Crippen LogP contribution is -2.28. The quantitative estimate of drug-likeness (QED) is 0.712. The summed E-state index contributed by atoms with van der Waals surface area (Å²) in [4.78, 5) is 12.6. The van der Waals surface area contributed by atoms with Gasteiger partial charge in [0.05, 0.1) is 10.9 Å². The van der Waals surface area contributed by atoms with Gasteiger partial charge in [-0.05, 0) is 37.3 Å². The van der Waals surface area contributed by atoms with Gasteiger partial charge in [0.25, 0.3) is 5.91 Å². The van der Waals surface area contributed by atoms with Gasteiger partial charge in [-0.15, -0.1) is 0 Å². The third-order valence-corrected chi connectivity index (χ3v) is 5.80. The molecule has 1 amide bonds. The molecule has 0 aliphatic heterocycles. The van der Waals surface area contributed by atoms with Gasteiger partial charge in [-0.1, -0.05) is 23.7 Å². The number of nitrogens with zero attached hydrogens (tertiary/aromatic N) is 1. The van der Waals surface area contributed by atoms with Crippen molar-refractivity contribution < 1.29 is 17.6 Å². The zero-order chi connectivity index (χ0) is 19.9. The molecular weight excluding hydrogens is 391 g/mol. The molecule has 27 heavy (non-hydrogen) atoms. The molecule has 0 bridgehead atoms. The molecule has 142 valence electrons. The second-order valence-corrected chi connectivity index (χ2v) is 8.89. The summed E-state index contributed by atoms with van der Waals surface area (Å²) in [5, 5.41) is 4.18. The average molecular weight is 409 g/mol. The highest BCUT2D eigenvalue weighted by molar-refractivity contribution is 7.90. The molecule has 0 saturated carbocycles. The van der Waals surface area contributed by atoms with Crippen LogP contribution in [0.1, 0.15) is 29.0 Å². The number of carbonyl (C=O) groups is 1. The minimum absolute atomic E-state index is 0.104. The Morgan fingerprint density at radius 2 is 1.89 bits per heavy atom. The molecule has 1 atom stereocenters. The highest BCUT2D eigenvalue weighted by atomic mass is 35.5. The molecule has 0 aliphatic carbocycles. The van der Waals surface area contributed by atoms with E-state index >= 15 is 0 Å². The van der Waals surface area contributed by atoms with Crippen LogP contribution < -0.4 is 5.32 Å². The van der Waals surface area contributed by atoms with E-state index in [0.717, 1.165) is 23.2 Å². The molecule has 0 fully saturated rings. The molecule has 3 aromatic rings. The number of carbonyl (C=O) groups excluding carboxylic acids is 1. The molecule has 3 rings (SSSR count). The fourth-order valence-corrected chi connectivity index (χ4v) is 3.76. The van der Waals surface area contributed by atoms with E-state index < -0.39 is 21.7 Å². The molecular formula is C19H18ClFN2O3S. The summed E-state index contributed by atoms with van der Waals surface area (Å²) < 4.78 is 39.1. The Labute approximate surface area is 161 Å². The lowest BCUT2D eigenvalue weighted by atomic mass is 10.1. The summed E-state index contributed by atoms with van der Waals surface area (Å²) in [7, 11) is -1.75. The summed E-state index contributed by atoms with van der Waals surface area (Å²) in [5.74, 6) is -1.06. The number of amides is 1. The van der Waals surface area contributed by atoms with Crippen LogP contribution in [0.3, 0.4) is 0 Å². The number of hydrogen-bond donors (Lipinski definition) is 1. The summed E-state index contributed by atoms with van der Waals surface area (Å²) in [6.07, 6.45) is 1.01. The first kappa shape index (κ1) is 19.4. The van der Waals surface area contributed by atoms with Crippen LogP contribution in [0.15, 0.2) is 47.4 Å². The lowest BCUT2D eigenvalue weighted by molar-refractivity contribution is 0.0931. The third kappa shape index (κ3) is 3.84. The van der Waals surface area contributed by atoms with E-state index in [0.29, 0.717) is 10.7 Å². The van der Waals surface area contributed by atoms with Gasteiger partial charge in [-0.2, -0.15) is 0 Å². The Balaban J connectivity index is 1.87. The van der Waals surface area contributed by atoms with Crippen molar-refractivity contribution in [1.29, 1.82) is 0 Å². The normalized spacial score (nSPS) is 12.9. The highest BCUT2D eigenvalue weighted by Gasteiger charge is 2.19. The van der Waals surface area contributed by atoms with Crippen LogP contribution in [-0.4, -0.2) is 25.1 Å². The standard InChI is InChI=1S/C19H18ClFN2O3S/c1-11(15-7-6-14(10-16(15)21)27(3,25)26)22-19(24)18-8-12-4-5-13(20)9-17(12)23(18)2/h4-11H,1-3H3,(H,22,24)/t11-/m0/s1. The van der Waals surface area contributed by atoms with Crippen molar-refractivity contribution in [2.45, 2.75) is 17.9 Å². The molecule has 0 radical (unpaired) electrons. The minimum atomic E-state index is -3.50. The van der Waals surface area contributed by atoms with Crippen LogP contribution >= 0.6 is 11.6 Å². The molecule has 8 heteroatoms. The predicted octanol–water partition coefficient (Wildman–Crippen LogP) is 3.87.